The van der Waals surface area contributed by atoms with Crippen molar-refractivity contribution in [3.05, 3.63) is 45.6 Å². The Hall–Kier alpha value is -1.66. The molecule has 0 radical (unpaired) electrons. The number of alkyl halides is 3. The lowest BCUT2D eigenvalue weighted by Gasteiger charge is -2.18. The Morgan fingerprint density at radius 2 is 1.96 bits per heavy atom. The minimum absolute atomic E-state index is 0.212. The largest absolute Gasteiger partial charge is 0.483 e. The van der Waals surface area contributed by atoms with Crippen LogP contribution in [0.2, 0.25) is 10.2 Å². The molecule has 0 saturated heterocycles. The van der Waals surface area contributed by atoms with Gasteiger partial charge in [-0.05, 0) is 26.0 Å². The molecule has 0 amide bonds. The second-order valence-electron chi connectivity index (χ2n) is 6.00. The molecule has 24 heavy (non-hydrogen) atoms. The van der Waals surface area contributed by atoms with Crippen molar-refractivity contribution in [3.63, 3.8) is 0 Å². The van der Waals surface area contributed by atoms with Crippen LogP contribution in [0.15, 0.2) is 24.3 Å². The molecule has 0 atom stereocenters. The third-order valence-corrected chi connectivity index (χ3v) is 4.02. The van der Waals surface area contributed by atoms with Crippen LogP contribution < -0.4 is 9.47 Å². The summed E-state index contributed by atoms with van der Waals surface area (Å²) in [5, 5.41) is -1.02. The second-order valence-corrected chi connectivity index (χ2v) is 6.76. The predicted octanol–water partition coefficient (Wildman–Crippen LogP) is 5.91. The lowest BCUT2D eigenvalue weighted by molar-refractivity contribution is -0.137. The molecular formula is C16H12Cl2F3NO2. The number of hydrogen-bond acceptors (Lipinski definition) is 3. The van der Waals surface area contributed by atoms with Gasteiger partial charge in [-0.15, -0.1) is 0 Å². The van der Waals surface area contributed by atoms with Crippen molar-refractivity contribution in [2.75, 3.05) is 0 Å². The first-order valence-electron chi connectivity index (χ1n) is 6.99. The van der Waals surface area contributed by atoms with E-state index >= 15 is 0 Å². The zero-order chi connectivity index (χ0) is 17.7. The highest BCUT2D eigenvalue weighted by Gasteiger charge is 2.36. The van der Waals surface area contributed by atoms with E-state index in [1.165, 1.54) is 0 Å². The van der Waals surface area contributed by atoms with E-state index < -0.39 is 22.5 Å². The van der Waals surface area contributed by atoms with E-state index in [0.717, 1.165) is 5.56 Å². The first-order valence-corrected chi connectivity index (χ1v) is 7.74. The van der Waals surface area contributed by atoms with E-state index in [0.29, 0.717) is 24.0 Å². The molecule has 8 heteroatoms. The van der Waals surface area contributed by atoms with Crippen molar-refractivity contribution < 1.29 is 22.6 Å². The topological polar surface area (TPSA) is 31.4 Å². The number of halogens is 5. The maximum atomic E-state index is 12.8. The van der Waals surface area contributed by atoms with Crippen molar-refractivity contribution >= 4 is 23.2 Å². The summed E-state index contributed by atoms with van der Waals surface area (Å²) in [7, 11) is 0. The summed E-state index contributed by atoms with van der Waals surface area (Å²) < 4.78 is 49.8. The lowest BCUT2D eigenvalue weighted by atomic mass is 10.0. The maximum Gasteiger partial charge on any atom is 0.419 e. The van der Waals surface area contributed by atoms with E-state index in [-0.39, 0.29) is 10.9 Å². The summed E-state index contributed by atoms with van der Waals surface area (Å²) in [5.41, 5.74) is -0.569. The molecule has 0 bridgehead atoms. The van der Waals surface area contributed by atoms with Crippen molar-refractivity contribution in [2.45, 2.75) is 32.0 Å². The highest BCUT2D eigenvalue weighted by Crippen LogP contribution is 2.45. The first kappa shape index (κ1) is 17.2. The van der Waals surface area contributed by atoms with Gasteiger partial charge in [0.15, 0.2) is 11.5 Å². The van der Waals surface area contributed by atoms with Crippen LogP contribution in [0.4, 0.5) is 13.2 Å². The number of ether oxygens (including phenoxy) is 2. The Morgan fingerprint density at radius 3 is 2.62 bits per heavy atom. The van der Waals surface area contributed by atoms with Gasteiger partial charge in [-0.3, -0.25) is 0 Å². The monoisotopic (exact) mass is 377 g/mol. The van der Waals surface area contributed by atoms with Gasteiger partial charge in [-0.1, -0.05) is 35.3 Å². The van der Waals surface area contributed by atoms with Crippen LogP contribution in [0.5, 0.6) is 17.4 Å². The van der Waals surface area contributed by atoms with E-state index in [2.05, 4.69) is 4.98 Å². The standard InChI is InChI=1S/C16H12Cl2F3NO2/c1-15(2)7-8-4-3-5-11(12(8)24-15)23-14-10(17)6-9(13(18)22-14)16(19,20)21/h3-6H,7H2,1-2H3. The zero-order valence-electron chi connectivity index (χ0n) is 12.7. The van der Waals surface area contributed by atoms with Gasteiger partial charge < -0.3 is 9.47 Å². The number of rotatable bonds is 2. The van der Waals surface area contributed by atoms with Gasteiger partial charge in [-0.25, -0.2) is 0 Å². The van der Waals surface area contributed by atoms with Crippen LogP contribution >= 0.6 is 23.2 Å². The second kappa shape index (κ2) is 5.70. The van der Waals surface area contributed by atoms with E-state index in [1.807, 2.05) is 19.9 Å². The fraction of sp³-hybridized carbons (Fsp3) is 0.312. The molecule has 1 aromatic carbocycles. The lowest BCUT2D eigenvalue weighted by Crippen LogP contribution is -2.24. The third kappa shape index (κ3) is 3.26. The molecule has 128 valence electrons. The van der Waals surface area contributed by atoms with Crippen LogP contribution in [-0.2, 0) is 12.6 Å². The van der Waals surface area contributed by atoms with Gasteiger partial charge >= 0.3 is 6.18 Å². The number of hydrogen-bond donors (Lipinski definition) is 0. The van der Waals surface area contributed by atoms with Crippen molar-refractivity contribution in [3.8, 4) is 17.4 Å². The molecule has 0 saturated carbocycles. The minimum atomic E-state index is -4.65. The van der Waals surface area contributed by atoms with Gasteiger partial charge in [-0.2, -0.15) is 18.2 Å². The molecule has 0 spiro atoms. The maximum absolute atomic E-state index is 12.8. The summed E-state index contributed by atoms with van der Waals surface area (Å²) in [4.78, 5) is 3.63. The Balaban J connectivity index is 1.97. The van der Waals surface area contributed by atoms with Gasteiger partial charge in [0.25, 0.3) is 0 Å². The summed E-state index contributed by atoms with van der Waals surface area (Å²) in [5.74, 6) is 0.635. The van der Waals surface area contributed by atoms with Crippen LogP contribution in [0, 0.1) is 0 Å². The Kier molecular flexibility index (Phi) is 4.08. The Morgan fingerprint density at radius 1 is 1.25 bits per heavy atom. The van der Waals surface area contributed by atoms with Gasteiger partial charge in [0.2, 0.25) is 5.88 Å². The molecule has 2 heterocycles. The summed E-state index contributed by atoms with van der Waals surface area (Å²) >= 11 is 11.5. The molecule has 0 fully saturated rings. The van der Waals surface area contributed by atoms with Gasteiger partial charge in [0.05, 0.1) is 5.56 Å². The van der Waals surface area contributed by atoms with Crippen LogP contribution in [-0.4, -0.2) is 10.6 Å². The van der Waals surface area contributed by atoms with E-state index in [1.54, 1.807) is 12.1 Å². The van der Waals surface area contributed by atoms with Crippen LogP contribution in [0.1, 0.15) is 25.0 Å². The number of nitrogens with zero attached hydrogens (tertiary/aromatic N) is 1. The quantitative estimate of drug-likeness (QED) is 0.609. The number of para-hydroxylation sites is 1. The fourth-order valence-electron chi connectivity index (χ4n) is 2.49. The van der Waals surface area contributed by atoms with Crippen LogP contribution in [0.25, 0.3) is 0 Å². The zero-order valence-corrected chi connectivity index (χ0v) is 14.2. The average molecular weight is 378 g/mol. The number of benzene rings is 1. The molecule has 1 aliphatic heterocycles. The normalized spacial score (nSPS) is 15.8. The van der Waals surface area contributed by atoms with E-state index in [9.17, 15) is 13.2 Å². The third-order valence-electron chi connectivity index (χ3n) is 3.46. The SMILES string of the molecule is CC1(C)Cc2cccc(Oc3nc(Cl)c(C(F)(F)F)cc3Cl)c2O1. The Bertz CT molecular complexity index is 807. The highest BCUT2D eigenvalue weighted by atomic mass is 35.5. The number of pyridine rings is 1. The van der Waals surface area contributed by atoms with Gasteiger partial charge in [0.1, 0.15) is 15.8 Å². The molecular weight excluding hydrogens is 366 g/mol. The summed E-state index contributed by atoms with van der Waals surface area (Å²) in [6.07, 6.45) is -3.96. The summed E-state index contributed by atoms with van der Waals surface area (Å²) in [6.45, 7) is 3.86. The number of aromatic nitrogens is 1. The molecule has 1 aliphatic rings. The molecule has 1 aromatic heterocycles. The molecule has 0 aliphatic carbocycles. The summed E-state index contributed by atoms with van der Waals surface area (Å²) in [6, 6.07) is 5.98. The predicted molar refractivity (Wildman–Crippen MR) is 84.2 cm³/mol. The molecule has 3 nitrogen and oxygen atoms in total. The molecule has 3 rings (SSSR count). The van der Waals surface area contributed by atoms with Crippen molar-refractivity contribution in [2.24, 2.45) is 0 Å². The Labute approximate surface area is 146 Å². The minimum Gasteiger partial charge on any atom is -0.483 e. The molecule has 0 unspecified atom stereocenters. The van der Waals surface area contributed by atoms with Gasteiger partial charge in [0, 0.05) is 12.0 Å². The number of fused-ring (bicyclic) bond motifs is 1. The first-order chi connectivity index (χ1) is 11.1. The average Bonchev–Trinajstić information content (AvgIpc) is 2.76. The molecule has 2 aromatic rings. The molecule has 0 N–H and O–H groups in total. The van der Waals surface area contributed by atoms with Crippen LogP contribution in [0.3, 0.4) is 0 Å². The van der Waals surface area contributed by atoms with Crippen molar-refractivity contribution in [1.29, 1.82) is 0 Å². The smallest absolute Gasteiger partial charge is 0.419 e. The highest BCUT2D eigenvalue weighted by molar-refractivity contribution is 6.33. The fourth-order valence-corrected chi connectivity index (χ4v) is 2.92. The van der Waals surface area contributed by atoms with Crippen molar-refractivity contribution in [1.82, 2.24) is 4.98 Å². The van der Waals surface area contributed by atoms with E-state index in [4.69, 9.17) is 32.7 Å².